The number of benzene rings is 1. The van der Waals surface area contributed by atoms with Crippen molar-refractivity contribution in [3.63, 3.8) is 0 Å². The van der Waals surface area contributed by atoms with Crippen LogP contribution in [0.1, 0.15) is 127 Å². The van der Waals surface area contributed by atoms with E-state index < -0.39 is 6.08 Å². The smallest absolute Gasteiger partial charge is 0.266 e. The minimum atomic E-state index is -1.58. The van der Waals surface area contributed by atoms with E-state index >= 15 is 0 Å². The van der Waals surface area contributed by atoms with E-state index in [0.29, 0.717) is 18.8 Å². The maximum atomic E-state index is 12.2. The molecule has 35 heavy (non-hydrogen) atoms. The Balaban J connectivity index is 1.18. The van der Waals surface area contributed by atoms with E-state index in [1.807, 2.05) is 0 Å². The monoisotopic (exact) mass is 486 g/mol. The Kier molecular flexibility index (Phi) is 10.2. The van der Waals surface area contributed by atoms with Crippen LogP contribution in [0.2, 0.25) is 0 Å². The van der Waals surface area contributed by atoms with Crippen molar-refractivity contribution in [3.8, 4) is 0 Å². The Hall–Kier alpha value is -1.22. The molecule has 4 rings (SSSR count). The molecule has 1 aromatic rings. The van der Waals surface area contributed by atoms with Crippen molar-refractivity contribution in [2.75, 3.05) is 6.61 Å². The summed E-state index contributed by atoms with van der Waals surface area (Å²) in [5, 5.41) is 0. The highest BCUT2D eigenvalue weighted by Crippen LogP contribution is 2.45. The number of hydrogen-bond acceptors (Lipinski definition) is 1. The largest absolute Gasteiger partial charge is 0.378 e. The third-order valence-corrected chi connectivity index (χ3v) is 9.84. The minimum Gasteiger partial charge on any atom is -0.378 e. The van der Waals surface area contributed by atoms with Crippen molar-refractivity contribution >= 4 is 0 Å². The molecule has 1 saturated heterocycles. The SMILES string of the molecule is CCCC(C)C1CCC(C2CCC(c3ccc(C4CCC(CCC=C(F)F)OC4)cc3)CC2)CC1. The second-order valence-electron chi connectivity index (χ2n) is 12.0. The maximum absolute atomic E-state index is 12.2. The van der Waals surface area contributed by atoms with Gasteiger partial charge in [-0.1, -0.05) is 51.0 Å². The summed E-state index contributed by atoms with van der Waals surface area (Å²) in [5.74, 6) is 5.06. The molecule has 1 aromatic carbocycles. The molecule has 3 fully saturated rings. The van der Waals surface area contributed by atoms with Crippen molar-refractivity contribution in [2.24, 2.45) is 23.7 Å². The molecule has 0 bridgehead atoms. The zero-order valence-corrected chi connectivity index (χ0v) is 22.2. The van der Waals surface area contributed by atoms with Crippen LogP contribution in [0.4, 0.5) is 8.78 Å². The van der Waals surface area contributed by atoms with Gasteiger partial charge in [0.25, 0.3) is 6.08 Å². The van der Waals surface area contributed by atoms with Gasteiger partial charge >= 0.3 is 0 Å². The second kappa shape index (κ2) is 13.4. The van der Waals surface area contributed by atoms with Gasteiger partial charge in [-0.05, 0) is 124 Å². The Labute approximate surface area is 213 Å². The molecule has 196 valence electrons. The van der Waals surface area contributed by atoms with Crippen molar-refractivity contribution < 1.29 is 13.5 Å². The summed E-state index contributed by atoms with van der Waals surface area (Å²) >= 11 is 0. The molecule has 3 atom stereocenters. The van der Waals surface area contributed by atoms with Crippen LogP contribution in [-0.4, -0.2) is 12.7 Å². The molecule has 0 aromatic heterocycles. The van der Waals surface area contributed by atoms with E-state index in [1.54, 1.807) is 0 Å². The van der Waals surface area contributed by atoms with Crippen LogP contribution in [0.3, 0.4) is 0 Å². The van der Waals surface area contributed by atoms with Crippen LogP contribution >= 0.6 is 0 Å². The molecule has 2 saturated carbocycles. The Morgan fingerprint density at radius 3 is 1.97 bits per heavy atom. The number of ether oxygens (including phenoxy) is 1. The van der Waals surface area contributed by atoms with Crippen LogP contribution in [0.15, 0.2) is 36.4 Å². The molecule has 0 radical (unpaired) electrons. The molecular formula is C32H48F2O. The standard InChI is InChI=1S/C32H48F2O/c1-3-5-23(2)24-8-10-25(11-9-24)26-12-14-27(15-13-26)28-16-18-29(19-17-28)30-20-21-31(35-22-30)6-4-7-32(33)34/h7,16-19,23-27,30-31H,3-6,8-15,20-22H2,1-2H3. The van der Waals surface area contributed by atoms with Gasteiger partial charge in [0.15, 0.2) is 0 Å². The topological polar surface area (TPSA) is 9.23 Å². The summed E-state index contributed by atoms with van der Waals surface area (Å²) in [6.07, 6.45) is 17.0. The first-order valence-corrected chi connectivity index (χ1v) is 14.8. The van der Waals surface area contributed by atoms with Crippen LogP contribution in [0.25, 0.3) is 0 Å². The highest BCUT2D eigenvalue weighted by atomic mass is 19.3. The lowest BCUT2D eigenvalue weighted by Crippen LogP contribution is -2.27. The van der Waals surface area contributed by atoms with Crippen LogP contribution < -0.4 is 0 Å². The molecule has 0 N–H and O–H groups in total. The van der Waals surface area contributed by atoms with Crippen molar-refractivity contribution in [2.45, 2.75) is 122 Å². The lowest BCUT2D eigenvalue weighted by atomic mass is 9.66. The lowest BCUT2D eigenvalue weighted by molar-refractivity contribution is -0.000288. The zero-order chi connectivity index (χ0) is 24.6. The number of rotatable bonds is 9. The van der Waals surface area contributed by atoms with E-state index in [0.717, 1.165) is 55.1 Å². The fourth-order valence-corrected chi connectivity index (χ4v) is 7.52. The van der Waals surface area contributed by atoms with E-state index in [4.69, 9.17) is 4.74 Å². The molecule has 1 aliphatic heterocycles. The zero-order valence-electron chi connectivity index (χ0n) is 22.2. The van der Waals surface area contributed by atoms with E-state index in [-0.39, 0.29) is 6.10 Å². The van der Waals surface area contributed by atoms with E-state index in [9.17, 15) is 8.78 Å². The van der Waals surface area contributed by atoms with Gasteiger partial charge in [0.2, 0.25) is 0 Å². The summed E-state index contributed by atoms with van der Waals surface area (Å²) in [7, 11) is 0. The van der Waals surface area contributed by atoms with Crippen molar-refractivity contribution in [3.05, 3.63) is 47.5 Å². The summed E-state index contributed by atoms with van der Waals surface area (Å²) in [6, 6.07) is 9.41. The van der Waals surface area contributed by atoms with Gasteiger partial charge in [0.1, 0.15) is 0 Å². The highest BCUT2D eigenvalue weighted by molar-refractivity contribution is 5.28. The normalized spacial score (nSPS) is 32.7. The third kappa shape index (κ3) is 7.63. The molecule has 3 aliphatic rings. The Morgan fingerprint density at radius 1 is 0.857 bits per heavy atom. The van der Waals surface area contributed by atoms with Crippen molar-refractivity contribution in [1.82, 2.24) is 0 Å². The summed E-state index contributed by atoms with van der Waals surface area (Å²) in [4.78, 5) is 0. The fourth-order valence-electron chi connectivity index (χ4n) is 7.52. The highest BCUT2D eigenvalue weighted by Gasteiger charge is 2.32. The Bertz CT molecular complexity index is 759. The Morgan fingerprint density at radius 2 is 1.43 bits per heavy atom. The summed E-state index contributed by atoms with van der Waals surface area (Å²) < 4.78 is 30.4. The first-order chi connectivity index (χ1) is 17.0. The van der Waals surface area contributed by atoms with Gasteiger partial charge in [-0.2, -0.15) is 8.78 Å². The van der Waals surface area contributed by atoms with Crippen LogP contribution in [-0.2, 0) is 4.74 Å². The van der Waals surface area contributed by atoms with E-state index in [1.165, 1.54) is 75.3 Å². The molecular weight excluding hydrogens is 438 g/mol. The quantitative estimate of drug-likeness (QED) is 0.337. The van der Waals surface area contributed by atoms with E-state index in [2.05, 4.69) is 38.1 Å². The molecule has 0 spiro atoms. The van der Waals surface area contributed by atoms with Gasteiger partial charge in [-0.3, -0.25) is 0 Å². The minimum absolute atomic E-state index is 0.131. The predicted molar refractivity (Wildman–Crippen MR) is 142 cm³/mol. The molecule has 0 amide bonds. The first kappa shape index (κ1) is 26.8. The summed E-state index contributed by atoms with van der Waals surface area (Å²) in [5.41, 5.74) is 2.91. The molecule has 2 aliphatic carbocycles. The number of allylic oxidation sites excluding steroid dienone is 1. The molecule has 3 unspecified atom stereocenters. The first-order valence-electron chi connectivity index (χ1n) is 14.8. The molecule has 3 heteroatoms. The van der Waals surface area contributed by atoms with Gasteiger partial charge < -0.3 is 4.74 Å². The van der Waals surface area contributed by atoms with Gasteiger partial charge in [-0.25, -0.2) is 0 Å². The van der Waals surface area contributed by atoms with Gasteiger partial charge in [0, 0.05) is 5.92 Å². The lowest BCUT2D eigenvalue weighted by Gasteiger charge is -2.39. The number of hydrogen-bond donors (Lipinski definition) is 0. The fraction of sp³-hybridized carbons (Fsp3) is 0.750. The van der Waals surface area contributed by atoms with Gasteiger partial charge in [-0.15, -0.1) is 0 Å². The maximum Gasteiger partial charge on any atom is 0.266 e. The molecule has 1 heterocycles. The average Bonchev–Trinajstić information content (AvgIpc) is 2.89. The summed E-state index contributed by atoms with van der Waals surface area (Å²) in [6.45, 7) is 5.54. The van der Waals surface area contributed by atoms with Crippen molar-refractivity contribution in [1.29, 1.82) is 0 Å². The predicted octanol–water partition coefficient (Wildman–Crippen LogP) is 10.0. The molecule has 1 nitrogen and oxygen atoms in total. The number of halogens is 2. The average molecular weight is 487 g/mol. The second-order valence-corrected chi connectivity index (χ2v) is 12.0. The van der Waals surface area contributed by atoms with Crippen LogP contribution in [0, 0.1) is 23.7 Å². The van der Waals surface area contributed by atoms with Gasteiger partial charge in [0.05, 0.1) is 12.7 Å². The third-order valence-electron chi connectivity index (χ3n) is 9.84. The van der Waals surface area contributed by atoms with Crippen LogP contribution in [0.5, 0.6) is 0 Å².